The summed E-state index contributed by atoms with van der Waals surface area (Å²) in [6, 6.07) is 23.6. The van der Waals surface area contributed by atoms with Gasteiger partial charge in [0.2, 0.25) is 5.88 Å². The van der Waals surface area contributed by atoms with E-state index in [0.717, 1.165) is 5.69 Å². The van der Waals surface area contributed by atoms with Gasteiger partial charge in [0, 0.05) is 12.6 Å². The molecule has 0 aliphatic carbocycles. The van der Waals surface area contributed by atoms with Gasteiger partial charge in [-0.2, -0.15) is 0 Å². The van der Waals surface area contributed by atoms with E-state index in [1.165, 1.54) is 16.7 Å². The standard InChI is InChI=1S/C24H18N4O3S2/c1-27-18-9-5-6-10-19(18)31-23(27)20-22(30)28(24(32)33-20)17-13-11-16(12-14-17)25-26-21(29)15-7-3-2-4-8-15/h2-14,25H,1H3,(H,26,29). The van der Waals surface area contributed by atoms with Crippen LogP contribution < -0.4 is 25.4 Å². The van der Waals surface area contributed by atoms with Crippen molar-refractivity contribution in [3.8, 4) is 5.75 Å². The summed E-state index contributed by atoms with van der Waals surface area (Å²) in [4.78, 5) is 29.2. The number of fused-ring (bicyclic) bond motifs is 1. The minimum Gasteiger partial charge on any atom is -0.437 e. The molecule has 0 bridgehead atoms. The Bertz CT molecular complexity index is 1290. The van der Waals surface area contributed by atoms with Gasteiger partial charge < -0.3 is 9.64 Å². The maximum Gasteiger partial charge on any atom is 0.276 e. The van der Waals surface area contributed by atoms with E-state index in [9.17, 15) is 9.59 Å². The number of amides is 2. The summed E-state index contributed by atoms with van der Waals surface area (Å²) in [5.74, 6) is 0.689. The monoisotopic (exact) mass is 474 g/mol. The number of nitrogens with zero attached hydrogens (tertiary/aromatic N) is 2. The van der Waals surface area contributed by atoms with Crippen LogP contribution in [0.25, 0.3) is 0 Å². The number of nitrogens with one attached hydrogen (secondary N) is 2. The van der Waals surface area contributed by atoms with Crippen LogP contribution in [-0.2, 0) is 4.79 Å². The molecule has 1 saturated heterocycles. The van der Waals surface area contributed by atoms with Crippen molar-refractivity contribution in [1.29, 1.82) is 0 Å². The third kappa shape index (κ3) is 3.92. The fourth-order valence-corrected chi connectivity index (χ4v) is 4.84. The number of rotatable bonds is 4. The number of anilines is 3. The Labute approximate surface area is 200 Å². The highest BCUT2D eigenvalue weighted by atomic mass is 32.2. The van der Waals surface area contributed by atoms with Gasteiger partial charge in [0.05, 0.1) is 17.1 Å². The van der Waals surface area contributed by atoms with Gasteiger partial charge in [-0.15, -0.1) is 0 Å². The molecule has 9 heteroatoms. The highest BCUT2D eigenvalue weighted by molar-refractivity contribution is 8.27. The van der Waals surface area contributed by atoms with Crippen LogP contribution in [0.15, 0.2) is 89.7 Å². The fourth-order valence-electron chi connectivity index (χ4n) is 3.50. The molecule has 3 aromatic rings. The van der Waals surface area contributed by atoms with E-state index >= 15 is 0 Å². The molecular weight excluding hydrogens is 456 g/mol. The number of hydrogen-bond acceptors (Lipinski definition) is 7. The van der Waals surface area contributed by atoms with Gasteiger partial charge in [-0.1, -0.05) is 42.5 Å². The molecule has 0 aromatic heterocycles. The molecule has 0 atom stereocenters. The zero-order valence-corrected chi connectivity index (χ0v) is 19.1. The SMILES string of the molecule is CN1C(=C2SC(=S)N(c3ccc(NNC(=O)c4ccccc4)cc3)C2=O)Oc2ccccc21. The number of thioether (sulfide) groups is 1. The molecule has 33 heavy (non-hydrogen) atoms. The molecule has 164 valence electrons. The summed E-state index contributed by atoms with van der Waals surface area (Å²) < 4.78 is 6.37. The second-order valence-electron chi connectivity index (χ2n) is 7.26. The second-order valence-corrected chi connectivity index (χ2v) is 8.91. The number of ether oxygens (including phenoxy) is 1. The smallest absolute Gasteiger partial charge is 0.276 e. The zero-order valence-electron chi connectivity index (χ0n) is 17.4. The average Bonchev–Trinajstić information content (AvgIpc) is 3.33. The number of carbonyl (C=O) groups excluding carboxylic acids is 2. The first-order chi connectivity index (χ1) is 16.0. The Morgan fingerprint density at radius 2 is 1.67 bits per heavy atom. The minimum atomic E-state index is -0.245. The van der Waals surface area contributed by atoms with Crippen molar-refractivity contribution in [1.82, 2.24) is 5.43 Å². The van der Waals surface area contributed by atoms with Gasteiger partial charge in [0.25, 0.3) is 11.8 Å². The Balaban J connectivity index is 1.31. The lowest BCUT2D eigenvalue weighted by Crippen LogP contribution is -2.30. The average molecular weight is 475 g/mol. The van der Waals surface area contributed by atoms with Crippen LogP contribution in [0.3, 0.4) is 0 Å². The molecule has 2 N–H and O–H groups in total. The molecule has 2 amide bonds. The molecule has 2 aliphatic heterocycles. The Kier molecular flexibility index (Phi) is 5.49. The van der Waals surface area contributed by atoms with Crippen molar-refractivity contribution < 1.29 is 14.3 Å². The number of benzene rings is 3. The normalized spacial score (nSPS) is 17.1. The molecule has 0 unspecified atom stereocenters. The van der Waals surface area contributed by atoms with Crippen LogP contribution in [0, 0.1) is 0 Å². The van der Waals surface area contributed by atoms with E-state index in [2.05, 4.69) is 10.9 Å². The molecule has 0 saturated carbocycles. The maximum atomic E-state index is 13.2. The van der Waals surface area contributed by atoms with Gasteiger partial charge in [0.1, 0.15) is 4.91 Å². The third-order valence-electron chi connectivity index (χ3n) is 5.18. The first-order valence-corrected chi connectivity index (χ1v) is 11.3. The highest BCUT2D eigenvalue weighted by Crippen LogP contribution is 2.44. The number of para-hydroxylation sites is 2. The van der Waals surface area contributed by atoms with E-state index in [1.807, 2.05) is 42.3 Å². The lowest BCUT2D eigenvalue weighted by molar-refractivity contribution is -0.113. The van der Waals surface area contributed by atoms with Crippen LogP contribution in [0.5, 0.6) is 5.75 Å². The van der Waals surface area contributed by atoms with Crippen LogP contribution in [0.4, 0.5) is 17.1 Å². The molecule has 5 rings (SSSR count). The molecule has 7 nitrogen and oxygen atoms in total. The van der Waals surface area contributed by atoms with Gasteiger partial charge >= 0.3 is 0 Å². The molecular formula is C24H18N4O3S2. The first kappa shape index (κ1) is 21.0. The van der Waals surface area contributed by atoms with Crippen molar-refractivity contribution in [2.24, 2.45) is 0 Å². The van der Waals surface area contributed by atoms with E-state index < -0.39 is 0 Å². The summed E-state index contributed by atoms with van der Waals surface area (Å²) in [5, 5.41) is 0. The Morgan fingerprint density at radius 1 is 0.970 bits per heavy atom. The Morgan fingerprint density at radius 3 is 2.39 bits per heavy atom. The predicted molar refractivity (Wildman–Crippen MR) is 134 cm³/mol. The summed E-state index contributed by atoms with van der Waals surface area (Å²) >= 11 is 6.71. The second kappa shape index (κ2) is 8.61. The molecule has 0 spiro atoms. The molecule has 2 aliphatic rings. The highest BCUT2D eigenvalue weighted by Gasteiger charge is 2.40. The van der Waals surface area contributed by atoms with Crippen LogP contribution in [-0.4, -0.2) is 23.2 Å². The maximum absolute atomic E-state index is 13.2. The molecule has 3 aromatic carbocycles. The number of hydrogen-bond donors (Lipinski definition) is 2. The van der Waals surface area contributed by atoms with Crippen LogP contribution in [0.2, 0.25) is 0 Å². The van der Waals surface area contributed by atoms with Crippen molar-refractivity contribution in [2.75, 3.05) is 22.3 Å². The quantitative estimate of drug-likeness (QED) is 0.328. The predicted octanol–water partition coefficient (Wildman–Crippen LogP) is 4.51. The van der Waals surface area contributed by atoms with Gasteiger partial charge in [-0.05, 0) is 60.3 Å². The lowest BCUT2D eigenvalue weighted by atomic mass is 10.2. The number of hydrazine groups is 1. The fraction of sp³-hybridized carbons (Fsp3) is 0.0417. The topological polar surface area (TPSA) is 73.9 Å². The van der Waals surface area contributed by atoms with Gasteiger partial charge in [-0.25, -0.2) is 0 Å². The van der Waals surface area contributed by atoms with Crippen molar-refractivity contribution >= 4 is 57.2 Å². The largest absolute Gasteiger partial charge is 0.437 e. The third-order valence-corrected chi connectivity index (χ3v) is 6.53. The summed E-state index contributed by atoms with van der Waals surface area (Å²) in [7, 11) is 1.86. The van der Waals surface area contributed by atoms with Gasteiger partial charge in [0.15, 0.2) is 10.1 Å². The van der Waals surface area contributed by atoms with Gasteiger partial charge in [-0.3, -0.25) is 25.3 Å². The number of carbonyl (C=O) groups is 2. The zero-order chi connectivity index (χ0) is 22.9. The van der Waals surface area contributed by atoms with E-state index in [4.69, 9.17) is 17.0 Å². The van der Waals surface area contributed by atoms with Crippen molar-refractivity contribution in [3.63, 3.8) is 0 Å². The first-order valence-electron chi connectivity index (χ1n) is 10.1. The van der Waals surface area contributed by atoms with E-state index in [0.29, 0.717) is 37.8 Å². The Hall–Kier alpha value is -3.82. The van der Waals surface area contributed by atoms with E-state index in [1.54, 1.807) is 48.5 Å². The lowest BCUT2D eigenvalue weighted by Gasteiger charge is -2.16. The van der Waals surface area contributed by atoms with Crippen molar-refractivity contribution in [2.45, 2.75) is 0 Å². The van der Waals surface area contributed by atoms with Crippen molar-refractivity contribution in [3.05, 3.63) is 95.2 Å². The van der Waals surface area contributed by atoms with Crippen LogP contribution in [0.1, 0.15) is 10.4 Å². The minimum absolute atomic E-state index is 0.238. The van der Waals surface area contributed by atoms with E-state index in [-0.39, 0.29) is 11.8 Å². The molecule has 0 radical (unpaired) electrons. The number of thiocarbonyl (C=S) groups is 1. The van der Waals surface area contributed by atoms with Crippen LogP contribution >= 0.6 is 24.0 Å². The molecule has 1 fully saturated rings. The summed E-state index contributed by atoms with van der Waals surface area (Å²) in [5.41, 5.74) is 8.27. The molecule has 2 heterocycles. The summed E-state index contributed by atoms with van der Waals surface area (Å²) in [6.07, 6.45) is 0. The summed E-state index contributed by atoms with van der Waals surface area (Å²) in [6.45, 7) is 0.